The third-order valence-corrected chi connectivity index (χ3v) is 2.17. The van der Waals surface area contributed by atoms with E-state index in [1.807, 2.05) is 6.92 Å². The van der Waals surface area contributed by atoms with Gasteiger partial charge in [0.1, 0.15) is 6.79 Å². The number of hydrogen-bond acceptors (Lipinski definition) is 6. The molecule has 7 nitrogen and oxygen atoms in total. The van der Waals surface area contributed by atoms with Gasteiger partial charge in [-0.15, -0.1) is 0 Å². The number of methoxy groups -OCH3 is 2. The van der Waals surface area contributed by atoms with Gasteiger partial charge in [0.25, 0.3) is 0 Å². The maximum atomic E-state index is 9.25. The Labute approximate surface area is 114 Å². The Bertz CT molecular complexity index is 183. The van der Waals surface area contributed by atoms with Crippen LogP contribution in [0.3, 0.4) is 0 Å². The van der Waals surface area contributed by atoms with E-state index >= 15 is 0 Å². The van der Waals surface area contributed by atoms with Crippen LogP contribution in [0.25, 0.3) is 0 Å². The number of carbonyl (C=O) groups is 1. The molecule has 0 aromatic carbocycles. The fourth-order valence-corrected chi connectivity index (χ4v) is 0.603. The molecule has 0 spiro atoms. The summed E-state index contributed by atoms with van der Waals surface area (Å²) in [6.45, 7) is 4.70. The highest BCUT2D eigenvalue weighted by atomic mass is 16.6. The smallest absolute Gasteiger partial charge is 0.327 e. The predicted molar refractivity (Wildman–Crippen MR) is 70.7 cm³/mol. The Balaban J connectivity index is -0.000000219. The summed E-state index contributed by atoms with van der Waals surface area (Å²) in [7, 11) is 3.17. The molecule has 0 aromatic rings. The van der Waals surface area contributed by atoms with Crippen LogP contribution < -0.4 is 0 Å². The van der Waals surface area contributed by atoms with Crippen LogP contribution in [-0.2, 0) is 14.3 Å². The lowest BCUT2D eigenvalue weighted by molar-refractivity contribution is -0.131. The van der Waals surface area contributed by atoms with Crippen LogP contribution in [0.2, 0.25) is 0 Å². The van der Waals surface area contributed by atoms with E-state index in [1.165, 1.54) is 0 Å². The zero-order chi connectivity index (χ0) is 15.7. The number of aliphatic carboxylic acids is 1. The average Bonchev–Trinajstić information content (AvgIpc) is 2.44. The molecular formula is C12H26O7. The molecule has 0 aliphatic rings. The van der Waals surface area contributed by atoms with Crippen molar-refractivity contribution in [3.05, 3.63) is 12.7 Å². The van der Waals surface area contributed by atoms with Gasteiger partial charge in [-0.25, -0.2) is 4.79 Å². The van der Waals surface area contributed by atoms with Gasteiger partial charge in [0.2, 0.25) is 0 Å². The Morgan fingerprint density at radius 3 is 1.47 bits per heavy atom. The van der Waals surface area contributed by atoms with Crippen LogP contribution in [0.4, 0.5) is 0 Å². The van der Waals surface area contributed by atoms with Crippen LogP contribution in [0, 0.1) is 5.41 Å². The first-order valence-corrected chi connectivity index (χ1v) is 5.59. The van der Waals surface area contributed by atoms with E-state index in [0.29, 0.717) is 13.2 Å². The van der Waals surface area contributed by atoms with Gasteiger partial charge in [0, 0.05) is 25.7 Å². The lowest BCUT2D eigenvalue weighted by Gasteiger charge is -2.24. The SMILES string of the molecule is C=CC(=O)O.CCC(CO)(CO)CO.COCOC. The molecule has 7 heteroatoms. The van der Waals surface area contributed by atoms with Gasteiger partial charge >= 0.3 is 5.97 Å². The monoisotopic (exact) mass is 282 g/mol. The van der Waals surface area contributed by atoms with Gasteiger partial charge in [-0.05, 0) is 6.42 Å². The van der Waals surface area contributed by atoms with Crippen molar-refractivity contribution in [1.82, 2.24) is 0 Å². The Morgan fingerprint density at radius 2 is 1.47 bits per heavy atom. The van der Waals surface area contributed by atoms with E-state index in [9.17, 15) is 4.79 Å². The Morgan fingerprint density at radius 1 is 1.16 bits per heavy atom. The van der Waals surface area contributed by atoms with Crippen LogP contribution >= 0.6 is 0 Å². The molecular weight excluding hydrogens is 256 g/mol. The summed E-state index contributed by atoms with van der Waals surface area (Å²) in [5, 5.41) is 33.6. The minimum absolute atomic E-state index is 0.156. The molecule has 0 rings (SSSR count). The van der Waals surface area contributed by atoms with E-state index in [2.05, 4.69) is 16.1 Å². The predicted octanol–water partition coefficient (Wildman–Crippen LogP) is -0.147. The minimum atomic E-state index is -0.981. The summed E-state index contributed by atoms with van der Waals surface area (Å²) in [4.78, 5) is 9.25. The summed E-state index contributed by atoms with van der Waals surface area (Å²) >= 11 is 0. The zero-order valence-electron chi connectivity index (χ0n) is 11.8. The van der Waals surface area contributed by atoms with Crippen molar-refractivity contribution in [1.29, 1.82) is 0 Å². The van der Waals surface area contributed by atoms with Crippen molar-refractivity contribution in [2.45, 2.75) is 13.3 Å². The van der Waals surface area contributed by atoms with E-state index in [4.69, 9.17) is 20.4 Å². The number of aliphatic hydroxyl groups excluding tert-OH is 3. The van der Waals surface area contributed by atoms with E-state index < -0.39 is 11.4 Å². The van der Waals surface area contributed by atoms with Gasteiger partial charge in [0.15, 0.2) is 0 Å². The fraction of sp³-hybridized carbons (Fsp3) is 0.750. The number of aliphatic hydroxyl groups is 3. The molecule has 0 aromatic heterocycles. The quantitative estimate of drug-likeness (QED) is 0.379. The van der Waals surface area contributed by atoms with E-state index in [1.54, 1.807) is 14.2 Å². The lowest BCUT2D eigenvalue weighted by Crippen LogP contribution is -2.32. The number of carboxylic acid groups (broad SMARTS) is 1. The first-order valence-electron chi connectivity index (χ1n) is 5.59. The Hall–Kier alpha value is -0.990. The minimum Gasteiger partial charge on any atom is -0.478 e. The van der Waals surface area contributed by atoms with E-state index in [-0.39, 0.29) is 19.8 Å². The standard InChI is InChI=1S/C6H14O3.C3H8O2.C3H4O2/c1-2-6(3-7,4-8)5-9;1-4-3-5-2;1-2-3(4)5/h7-9H,2-5H2,1H3;3H2,1-2H3;2H,1H2,(H,4,5). The number of hydrogen-bond donors (Lipinski definition) is 4. The highest BCUT2D eigenvalue weighted by Gasteiger charge is 2.24. The molecule has 19 heavy (non-hydrogen) atoms. The molecule has 0 unspecified atom stereocenters. The molecule has 0 radical (unpaired) electrons. The highest BCUT2D eigenvalue weighted by molar-refractivity contribution is 5.78. The normalized spacial score (nSPS) is 9.58. The van der Waals surface area contributed by atoms with Crippen molar-refractivity contribution in [2.75, 3.05) is 40.8 Å². The second kappa shape index (κ2) is 17.0. The van der Waals surface area contributed by atoms with E-state index in [0.717, 1.165) is 6.08 Å². The molecule has 0 bridgehead atoms. The van der Waals surface area contributed by atoms with Crippen LogP contribution in [0.1, 0.15) is 13.3 Å². The first kappa shape index (κ1) is 23.1. The van der Waals surface area contributed by atoms with Crippen molar-refractivity contribution in [3.63, 3.8) is 0 Å². The average molecular weight is 282 g/mol. The molecule has 4 N–H and O–H groups in total. The van der Waals surface area contributed by atoms with Crippen molar-refractivity contribution in [2.24, 2.45) is 5.41 Å². The van der Waals surface area contributed by atoms with Crippen LogP contribution in [-0.4, -0.2) is 67.2 Å². The largest absolute Gasteiger partial charge is 0.478 e. The number of ether oxygens (including phenoxy) is 2. The van der Waals surface area contributed by atoms with Gasteiger partial charge < -0.3 is 29.9 Å². The second-order valence-corrected chi connectivity index (χ2v) is 3.57. The molecule has 0 saturated heterocycles. The molecule has 0 aliphatic carbocycles. The van der Waals surface area contributed by atoms with Crippen LogP contribution in [0.5, 0.6) is 0 Å². The molecule has 0 amide bonds. The summed E-state index contributed by atoms with van der Waals surface area (Å²) in [6.07, 6.45) is 1.43. The summed E-state index contributed by atoms with van der Waals surface area (Å²) < 4.78 is 8.94. The fourth-order valence-electron chi connectivity index (χ4n) is 0.603. The van der Waals surface area contributed by atoms with Gasteiger partial charge in [0.05, 0.1) is 19.8 Å². The van der Waals surface area contributed by atoms with Crippen molar-refractivity contribution >= 4 is 5.97 Å². The molecule has 0 aliphatic heterocycles. The number of rotatable bonds is 7. The molecule has 0 atom stereocenters. The van der Waals surface area contributed by atoms with Crippen molar-refractivity contribution in [3.8, 4) is 0 Å². The Kier molecular flexibility index (Phi) is 20.7. The maximum Gasteiger partial charge on any atom is 0.327 e. The highest BCUT2D eigenvalue weighted by Crippen LogP contribution is 2.18. The van der Waals surface area contributed by atoms with Crippen LogP contribution in [0.15, 0.2) is 12.7 Å². The molecule has 0 fully saturated rings. The summed E-state index contributed by atoms with van der Waals surface area (Å²) in [5.41, 5.74) is -0.667. The summed E-state index contributed by atoms with van der Waals surface area (Å²) in [6, 6.07) is 0. The first-order chi connectivity index (χ1) is 8.93. The maximum absolute atomic E-state index is 9.25. The number of carboxylic acids is 1. The topological polar surface area (TPSA) is 116 Å². The van der Waals surface area contributed by atoms with Gasteiger partial charge in [-0.2, -0.15) is 0 Å². The third-order valence-electron chi connectivity index (χ3n) is 2.17. The molecule has 0 saturated carbocycles. The third kappa shape index (κ3) is 17.0. The van der Waals surface area contributed by atoms with Crippen molar-refractivity contribution < 1.29 is 34.7 Å². The lowest BCUT2D eigenvalue weighted by atomic mass is 9.88. The van der Waals surface area contributed by atoms with Gasteiger partial charge in [-0.3, -0.25) is 0 Å². The second-order valence-electron chi connectivity index (χ2n) is 3.57. The molecule has 116 valence electrons. The van der Waals surface area contributed by atoms with Gasteiger partial charge in [-0.1, -0.05) is 13.5 Å². The zero-order valence-corrected chi connectivity index (χ0v) is 11.8. The molecule has 0 heterocycles. The summed E-state index contributed by atoms with van der Waals surface area (Å²) in [5.74, 6) is -0.981.